The van der Waals surface area contributed by atoms with E-state index in [-0.39, 0.29) is 5.78 Å². The van der Waals surface area contributed by atoms with Crippen LogP contribution in [0.15, 0.2) is 48.8 Å². The lowest BCUT2D eigenvalue weighted by Gasteiger charge is -2.09. The average molecular weight is 240 g/mol. The summed E-state index contributed by atoms with van der Waals surface area (Å²) in [6.45, 7) is 2.67. The van der Waals surface area contributed by atoms with Gasteiger partial charge in [0, 0.05) is 23.5 Å². The molecule has 0 spiro atoms. The van der Waals surface area contributed by atoms with Crippen LogP contribution in [0.25, 0.3) is 0 Å². The van der Waals surface area contributed by atoms with Crippen LogP contribution >= 0.6 is 0 Å². The van der Waals surface area contributed by atoms with Crippen molar-refractivity contribution in [1.29, 1.82) is 0 Å². The Bertz CT molecular complexity index is 520. The van der Waals surface area contributed by atoms with Crippen molar-refractivity contribution < 1.29 is 4.79 Å². The van der Waals surface area contributed by atoms with Crippen molar-refractivity contribution in [2.24, 2.45) is 5.73 Å². The zero-order valence-electron chi connectivity index (χ0n) is 10.3. The molecule has 0 amide bonds. The molecule has 0 fully saturated rings. The first-order chi connectivity index (χ1) is 8.72. The lowest BCUT2D eigenvalue weighted by atomic mass is 9.97. The van der Waals surface area contributed by atoms with Gasteiger partial charge in [-0.3, -0.25) is 9.78 Å². The first-order valence-electron chi connectivity index (χ1n) is 5.97. The predicted molar refractivity (Wildman–Crippen MR) is 71.6 cm³/mol. The predicted octanol–water partition coefficient (Wildman–Crippen LogP) is 2.37. The molecule has 3 nitrogen and oxygen atoms in total. The topological polar surface area (TPSA) is 56.0 Å². The summed E-state index contributed by atoms with van der Waals surface area (Å²) in [6, 6.07) is 11.1. The summed E-state index contributed by atoms with van der Waals surface area (Å²) >= 11 is 0. The molecule has 0 aliphatic carbocycles. The van der Waals surface area contributed by atoms with E-state index in [1.807, 2.05) is 24.3 Å². The summed E-state index contributed by atoms with van der Waals surface area (Å²) in [7, 11) is 0. The Hall–Kier alpha value is -2.00. The fraction of sp³-hybridized carbons (Fsp3) is 0.200. The Morgan fingerprint density at radius 2 is 1.94 bits per heavy atom. The minimum atomic E-state index is -0.00458. The molecule has 2 N–H and O–H groups in total. The number of rotatable bonds is 4. The van der Waals surface area contributed by atoms with Gasteiger partial charge in [-0.1, -0.05) is 31.2 Å². The maximum absolute atomic E-state index is 12.1. The smallest absolute Gasteiger partial charge is 0.194 e. The SMILES string of the molecule is CC(CN)c1ccc(C(=O)c2cccnc2)cc1. The Balaban J connectivity index is 2.22. The second-order valence-corrected chi connectivity index (χ2v) is 4.33. The molecular formula is C15H16N2O. The van der Waals surface area contributed by atoms with Crippen molar-refractivity contribution in [3.05, 3.63) is 65.5 Å². The maximum atomic E-state index is 12.1. The second kappa shape index (κ2) is 5.56. The van der Waals surface area contributed by atoms with E-state index in [4.69, 9.17) is 5.73 Å². The van der Waals surface area contributed by atoms with E-state index < -0.39 is 0 Å². The number of hydrogen-bond donors (Lipinski definition) is 1. The van der Waals surface area contributed by atoms with E-state index in [1.54, 1.807) is 24.5 Å². The quantitative estimate of drug-likeness (QED) is 0.835. The Morgan fingerprint density at radius 3 is 2.50 bits per heavy atom. The molecule has 1 unspecified atom stereocenters. The minimum absolute atomic E-state index is 0.00458. The Morgan fingerprint density at radius 1 is 1.22 bits per heavy atom. The highest BCUT2D eigenvalue weighted by Gasteiger charge is 2.09. The third kappa shape index (κ3) is 2.63. The van der Waals surface area contributed by atoms with E-state index >= 15 is 0 Å². The lowest BCUT2D eigenvalue weighted by Crippen LogP contribution is -2.09. The normalized spacial score (nSPS) is 12.1. The molecule has 0 saturated carbocycles. The van der Waals surface area contributed by atoms with Gasteiger partial charge in [0.25, 0.3) is 0 Å². The molecular weight excluding hydrogens is 224 g/mol. The number of carbonyl (C=O) groups is 1. The monoisotopic (exact) mass is 240 g/mol. The summed E-state index contributed by atoms with van der Waals surface area (Å²) in [6.07, 6.45) is 3.24. The van der Waals surface area contributed by atoms with E-state index in [9.17, 15) is 4.79 Å². The van der Waals surface area contributed by atoms with Gasteiger partial charge in [0.2, 0.25) is 0 Å². The Labute approximate surface area is 107 Å². The molecule has 1 aromatic heterocycles. The van der Waals surface area contributed by atoms with Gasteiger partial charge in [-0.25, -0.2) is 0 Å². The third-order valence-electron chi connectivity index (χ3n) is 3.02. The molecule has 1 aromatic carbocycles. The molecule has 0 aliphatic heterocycles. The summed E-state index contributed by atoms with van der Waals surface area (Å²) in [4.78, 5) is 16.1. The van der Waals surface area contributed by atoms with E-state index in [0.29, 0.717) is 23.6 Å². The standard InChI is InChI=1S/C15H16N2O/c1-11(9-16)12-4-6-13(7-5-12)15(18)14-3-2-8-17-10-14/h2-8,10-11H,9,16H2,1H3. The fourth-order valence-electron chi connectivity index (χ4n) is 1.76. The Kier molecular flexibility index (Phi) is 3.85. The van der Waals surface area contributed by atoms with Crippen molar-refractivity contribution in [3.8, 4) is 0 Å². The number of ketones is 1. The van der Waals surface area contributed by atoms with Crippen LogP contribution < -0.4 is 5.73 Å². The van der Waals surface area contributed by atoms with Gasteiger partial charge in [0.1, 0.15) is 0 Å². The molecule has 92 valence electrons. The molecule has 0 aliphatic rings. The highest BCUT2D eigenvalue weighted by atomic mass is 16.1. The molecule has 2 aromatic rings. The number of pyridine rings is 1. The van der Waals surface area contributed by atoms with Crippen molar-refractivity contribution in [1.82, 2.24) is 4.98 Å². The number of aromatic nitrogens is 1. The van der Waals surface area contributed by atoms with E-state index in [1.165, 1.54) is 0 Å². The second-order valence-electron chi connectivity index (χ2n) is 4.33. The maximum Gasteiger partial charge on any atom is 0.194 e. The number of hydrogen-bond acceptors (Lipinski definition) is 3. The van der Waals surface area contributed by atoms with Crippen LogP contribution in [0.4, 0.5) is 0 Å². The van der Waals surface area contributed by atoms with E-state index in [2.05, 4.69) is 11.9 Å². The molecule has 2 rings (SSSR count). The van der Waals surface area contributed by atoms with Crippen LogP contribution in [-0.4, -0.2) is 17.3 Å². The summed E-state index contributed by atoms with van der Waals surface area (Å²) < 4.78 is 0. The minimum Gasteiger partial charge on any atom is -0.330 e. The number of benzene rings is 1. The van der Waals surface area contributed by atoms with Gasteiger partial charge in [-0.15, -0.1) is 0 Å². The third-order valence-corrected chi connectivity index (χ3v) is 3.02. The molecule has 0 saturated heterocycles. The number of nitrogens with zero attached hydrogens (tertiary/aromatic N) is 1. The van der Waals surface area contributed by atoms with Crippen molar-refractivity contribution in [2.75, 3.05) is 6.54 Å². The van der Waals surface area contributed by atoms with Crippen molar-refractivity contribution >= 4 is 5.78 Å². The van der Waals surface area contributed by atoms with Crippen LogP contribution in [0.2, 0.25) is 0 Å². The highest BCUT2D eigenvalue weighted by Crippen LogP contribution is 2.16. The van der Waals surface area contributed by atoms with Crippen LogP contribution in [0.1, 0.15) is 34.3 Å². The zero-order chi connectivity index (χ0) is 13.0. The van der Waals surface area contributed by atoms with Gasteiger partial charge in [0.05, 0.1) is 0 Å². The van der Waals surface area contributed by atoms with Gasteiger partial charge in [0.15, 0.2) is 5.78 Å². The average Bonchev–Trinajstić information content (AvgIpc) is 2.47. The molecule has 0 bridgehead atoms. The van der Waals surface area contributed by atoms with Crippen LogP contribution in [0.3, 0.4) is 0 Å². The summed E-state index contributed by atoms with van der Waals surface area (Å²) in [5.74, 6) is 0.308. The highest BCUT2D eigenvalue weighted by molar-refractivity contribution is 6.08. The van der Waals surface area contributed by atoms with E-state index in [0.717, 1.165) is 5.56 Å². The van der Waals surface area contributed by atoms with Crippen LogP contribution in [0, 0.1) is 0 Å². The lowest BCUT2D eigenvalue weighted by molar-refractivity contribution is 0.103. The zero-order valence-corrected chi connectivity index (χ0v) is 10.3. The number of carbonyl (C=O) groups excluding carboxylic acids is 1. The summed E-state index contributed by atoms with van der Waals surface area (Å²) in [5.41, 5.74) is 8.06. The van der Waals surface area contributed by atoms with Crippen molar-refractivity contribution in [2.45, 2.75) is 12.8 Å². The van der Waals surface area contributed by atoms with Crippen LogP contribution in [0.5, 0.6) is 0 Å². The molecule has 1 atom stereocenters. The summed E-state index contributed by atoms with van der Waals surface area (Å²) in [5, 5.41) is 0. The fourth-order valence-corrected chi connectivity index (χ4v) is 1.76. The molecule has 1 heterocycles. The first kappa shape index (κ1) is 12.5. The largest absolute Gasteiger partial charge is 0.330 e. The van der Waals surface area contributed by atoms with Gasteiger partial charge >= 0.3 is 0 Å². The van der Waals surface area contributed by atoms with Crippen molar-refractivity contribution in [3.63, 3.8) is 0 Å². The molecule has 3 heteroatoms. The van der Waals surface area contributed by atoms with Gasteiger partial charge < -0.3 is 5.73 Å². The number of nitrogens with two attached hydrogens (primary N) is 1. The molecule has 0 radical (unpaired) electrons. The van der Waals surface area contributed by atoms with Crippen LogP contribution in [-0.2, 0) is 0 Å². The van der Waals surface area contributed by atoms with Gasteiger partial charge in [-0.05, 0) is 30.2 Å². The molecule has 18 heavy (non-hydrogen) atoms. The first-order valence-corrected chi connectivity index (χ1v) is 5.97. The van der Waals surface area contributed by atoms with Gasteiger partial charge in [-0.2, -0.15) is 0 Å².